The first-order chi connectivity index (χ1) is 9.20. The van der Waals surface area contributed by atoms with Gasteiger partial charge in [0.25, 0.3) is 0 Å². The third-order valence-corrected chi connectivity index (χ3v) is 4.35. The van der Waals surface area contributed by atoms with E-state index in [9.17, 15) is 0 Å². The van der Waals surface area contributed by atoms with E-state index in [2.05, 4.69) is 24.0 Å². The summed E-state index contributed by atoms with van der Waals surface area (Å²) < 4.78 is 0. The van der Waals surface area contributed by atoms with E-state index >= 15 is 0 Å². The van der Waals surface area contributed by atoms with Crippen LogP contribution in [0.4, 0.5) is 0 Å². The van der Waals surface area contributed by atoms with Gasteiger partial charge in [-0.05, 0) is 44.5 Å². The standard InChI is InChI=1S/C16H25ClN2/c1-13(18)16(14-9-5-6-10-15(14)17)19-11-7-3-2-4-8-12-19/h5-6,9-10,13,16H,2-4,7-8,11-12,18H2,1H3. The number of likely N-dealkylation sites (tertiary alicyclic amines) is 1. The molecular formula is C16H25ClN2. The van der Waals surface area contributed by atoms with Crippen LogP contribution < -0.4 is 5.73 Å². The molecule has 0 spiro atoms. The summed E-state index contributed by atoms with van der Waals surface area (Å²) in [6, 6.07) is 8.47. The molecule has 1 fully saturated rings. The predicted molar refractivity (Wildman–Crippen MR) is 82.5 cm³/mol. The van der Waals surface area contributed by atoms with Crippen LogP contribution in [0.3, 0.4) is 0 Å². The Morgan fingerprint density at radius 1 is 1.05 bits per heavy atom. The monoisotopic (exact) mass is 280 g/mol. The Labute approximate surface area is 121 Å². The lowest BCUT2D eigenvalue weighted by Crippen LogP contribution is -2.41. The highest BCUT2D eigenvalue weighted by atomic mass is 35.5. The van der Waals surface area contributed by atoms with Crippen LogP contribution in [0.2, 0.25) is 5.02 Å². The van der Waals surface area contributed by atoms with Crippen molar-refractivity contribution in [2.75, 3.05) is 13.1 Å². The molecule has 2 unspecified atom stereocenters. The Balaban J connectivity index is 2.21. The van der Waals surface area contributed by atoms with Gasteiger partial charge in [0.15, 0.2) is 0 Å². The summed E-state index contributed by atoms with van der Waals surface area (Å²) in [6.07, 6.45) is 6.60. The molecule has 19 heavy (non-hydrogen) atoms. The van der Waals surface area contributed by atoms with Gasteiger partial charge in [0, 0.05) is 11.1 Å². The van der Waals surface area contributed by atoms with Gasteiger partial charge in [-0.25, -0.2) is 0 Å². The zero-order chi connectivity index (χ0) is 13.7. The summed E-state index contributed by atoms with van der Waals surface area (Å²) in [7, 11) is 0. The fraction of sp³-hybridized carbons (Fsp3) is 0.625. The maximum atomic E-state index is 6.37. The van der Waals surface area contributed by atoms with E-state index < -0.39 is 0 Å². The molecule has 1 heterocycles. The number of hydrogen-bond donors (Lipinski definition) is 1. The first-order valence-corrected chi connectivity index (χ1v) is 7.82. The highest BCUT2D eigenvalue weighted by molar-refractivity contribution is 6.31. The second-order valence-corrected chi connectivity index (χ2v) is 6.04. The van der Waals surface area contributed by atoms with Crippen molar-refractivity contribution in [3.63, 3.8) is 0 Å². The molecule has 1 aromatic rings. The number of benzene rings is 1. The Morgan fingerprint density at radius 2 is 1.63 bits per heavy atom. The van der Waals surface area contributed by atoms with Gasteiger partial charge >= 0.3 is 0 Å². The minimum Gasteiger partial charge on any atom is -0.326 e. The molecular weight excluding hydrogens is 256 g/mol. The average molecular weight is 281 g/mol. The maximum absolute atomic E-state index is 6.37. The first kappa shape index (κ1) is 14.8. The molecule has 2 rings (SSSR count). The van der Waals surface area contributed by atoms with Gasteiger partial charge in [-0.1, -0.05) is 49.1 Å². The molecule has 2 nitrogen and oxygen atoms in total. The molecule has 2 atom stereocenters. The van der Waals surface area contributed by atoms with Gasteiger partial charge < -0.3 is 5.73 Å². The fourth-order valence-corrected chi connectivity index (χ4v) is 3.33. The van der Waals surface area contributed by atoms with Crippen LogP contribution in [0.1, 0.15) is 50.6 Å². The largest absolute Gasteiger partial charge is 0.326 e. The highest BCUT2D eigenvalue weighted by Crippen LogP contribution is 2.30. The van der Waals surface area contributed by atoms with E-state index in [1.807, 2.05) is 12.1 Å². The Hall–Kier alpha value is -0.570. The smallest absolute Gasteiger partial charge is 0.0511 e. The normalized spacial score (nSPS) is 21.4. The molecule has 0 aliphatic carbocycles. The SMILES string of the molecule is CC(N)C(c1ccccc1Cl)N1CCCCCCC1. The van der Waals surface area contributed by atoms with Crippen molar-refractivity contribution in [3.05, 3.63) is 34.9 Å². The summed E-state index contributed by atoms with van der Waals surface area (Å²) in [4.78, 5) is 2.53. The highest BCUT2D eigenvalue weighted by Gasteiger charge is 2.25. The molecule has 3 heteroatoms. The summed E-state index contributed by atoms with van der Waals surface area (Å²) >= 11 is 6.37. The number of nitrogens with zero attached hydrogens (tertiary/aromatic N) is 1. The van der Waals surface area contributed by atoms with Crippen molar-refractivity contribution in [1.29, 1.82) is 0 Å². The molecule has 1 aliphatic heterocycles. The Morgan fingerprint density at radius 3 is 2.21 bits per heavy atom. The van der Waals surface area contributed by atoms with Crippen LogP contribution in [0.5, 0.6) is 0 Å². The third kappa shape index (κ3) is 3.95. The van der Waals surface area contributed by atoms with E-state index in [4.69, 9.17) is 17.3 Å². The van der Waals surface area contributed by atoms with E-state index in [1.165, 1.54) is 37.7 Å². The minimum absolute atomic E-state index is 0.0966. The summed E-state index contributed by atoms with van der Waals surface area (Å²) in [5.41, 5.74) is 7.44. The number of nitrogens with two attached hydrogens (primary N) is 1. The topological polar surface area (TPSA) is 29.3 Å². The van der Waals surface area contributed by atoms with Crippen LogP contribution in [-0.2, 0) is 0 Å². The van der Waals surface area contributed by atoms with Gasteiger partial charge in [-0.3, -0.25) is 4.90 Å². The molecule has 106 valence electrons. The average Bonchev–Trinajstić information content (AvgIpc) is 2.33. The molecule has 0 radical (unpaired) electrons. The third-order valence-electron chi connectivity index (χ3n) is 4.01. The zero-order valence-corrected chi connectivity index (χ0v) is 12.6. The van der Waals surface area contributed by atoms with E-state index in [0.29, 0.717) is 0 Å². The molecule has 1 aromatic carbocycles. The first-order valence-electron chi connectivity index (χ1n) is 7.44. The van der Waals surface area contributed by atoms with Crippen LogP contribution >= 0.6 is 11.6 Å². The number of rotatable bonds is 3. The van der Waals surface area contributed by atoms with E-state index in [0.717, 1.165) is 18.1 Å². The van der Waals surface area contributed by atoms with Gasteiger partial charge in [-0.15, -0.1) is 0 Å². The van der Waals surface area contributed by atoms with Crippen molar-refractivity contribution in [1.82, 2.24) is 4.90 Å². The molecule has 0 bridgehead atoms. The van der Waals surface area contributed by atoms with Gasteiger partial charge in [0.1, 0.15) is 0 Å². The molecule has 1 saturated heterocycles. The van der Waals surface area contributed by atoms with E-state index in [1.54, 1.807) is 0 Å². The van der Waals surface area contributed by atoms with Crippen molar-refractivity contribution in [2.45, 2.75) is 51.1 Å². The predicted octanol–water partition coefficient (Wildman–Crippen LogP) is 3.99. The van der Waals surface area contributed by atoms with Gasteiger partial charge in [-0.2, -0.15) is 0 Å². The van der Waals surface area contributed by atoms with Gasteiger partial charge in [0.2, 0.25) is 0 Å². The Bertz CT molecular complexity index is 384. The number of halogens is 1. The lowest BCUT2D eigenvalue weighted by atomic mass is 9.97. The lowest BCUT2D eigenvalue weighted by Gasteiger charge is -2.36. The van der Waals surface area contributed by atoms with Crippen LogP contribution in [0.25, 0.3) is 0 Å². The van der Waals surface area contributed by atoms with Crippen LogP contribution in [0.15, 0.2) is 24.3 Å². The molecule has 0 saturated carbocycles. The van der Waals surface area contributed by atoms with Crippen LogP contribution in [0, 0.1) is 0 Å². The molecule has 0 aromatic heterocycles. The second-order valence-electron chi connectivity index (χ2n) is 5.63. The number of hydrogen-bond acceptors (Lipinski definition) is 2. The zero-order valence-electron chi connectivity index (χ0n) is 11.8. The summed E-state index contributed by atoms with van der Waals surface area (Å²) in [5.74, 6) is 0. The van der Waals surface area contributed by atoms with Crippen molar-refractivity contribution in [3.8, 4) is 0 Å². The van der Waals surface area contributed by atoms with Gasteiger partial charge in [0.05, 0.1) is 6.04 Å². The maximum Gasteiger partial charge on any atom is 0.0511 e. The van der Waals surface area contributed by atoms with Crippen molar-refractivity contribution >= 4 is 11.6 Å². The molecule has 1 aliphatic rings. The quantitative estimate of drug-likeness (QED) is 0.907. The molecule has 2 N–H and O–H groups in total. The van der Waals surface area contributed by atoms with Crippen LogP contribution in [-0.4, -0.2) is 24.0 Å². The van der Waals surface area contributed by atoms with Crippen molar-refractivity contribution in [2.24, 2.45) is 5.73 Å². The lowest BCUT2D eigenvalue weighted by molar-refractivity contribution is 0.161. The minimum atomic E-state index is 0.0966. The summed E-state index contributed by atoms with van der Waals surface area (Å²) in [5, 5.41) is 0.840. The van der Waals surface area contributed by atoms with E-state index in [-0.39, 0.29) is 12.1 Å². The van der Waals surface area contributed by atoms with Crippen molar-refractivity contribution < 1.29 is 0 Å². The fourth-order valence-electron chi connectivity index (χ4n) is 3.08. The summed E-state index contributed by atoms with van der Waals surface area (Å²) in [6.45, 7) is 4.36. The second kappa shape index (κ2) is 7.28. The Kier molecular flexibility index (Phi) is 5.68. The molecule has 0 amide bonds.